The highest BCUT2D eigenvalue weighted by Gasteiger charge is 2.12. The van der Waals surface area contributed by atoms with Crippen LogP contribution in [0.5, 0.6) is 0 Å². The summed E-state index contributed by atoms with van der Waals surface area (Å²) in [4.78, 5) is 12.7. The summed E-state index contributed by atoms with van der Waals surface area (Å²) in [7, 11) is 0. The van der Waals surface area contributed by atoms with Crippen molar-refractivity contribution in [1.82, 2.24) is 0 Å². The maximum absolute atomic E-state index is 12.0. The second-order valence-corrected chi connectivity index (χ2v) is 6.96. The van der Waals surface area contributed by atoms with Crippen molar-refractivity contribution in [3.63, 3.8) is 0 Å². The molecule has 2 aromatic rings. The minimum Gasteiger partial charge on any atom is -0.321 e. The fourth-order valence-electron chi connectivity index (χ4n) is 1.52. The van der Waals surface area contributed by atoms with E-state index in [1.807, 2.05) is 30.3 Å². The lowest BCUT2D eigenvalue weighted by molar-refractivity contribution is 0.103. The molecule has 1 N–H and O–H groups in total. The third-order valence-corrected chi connectivity index (χ3v) is 5.72. The second-order valence-electron chi connectivity index (χ2n) is 3.74. The highest BCUT2D eigenvalue weighted by Crippen LogP contribution is 2.32. The summed E-state index contributed by atoms with van der Waals surface area (Å²) in [6.07, 6.45) is 0.958. The van der Waals surface area contributed by atoms with Crippen molar-refractivity contribution < 1.29 is 4.79 Å². The van der Waals surface area contributed by atoms with Crippen molar-refractivity contribution in [2.75, 3.05) is 5.32 Å². The Morgan fingerprint density at radius 3 is 2.72 bits per heavy atom. The van der Waals surface area contributed by atoms with Gasteiger partial charge in [0, 0.05) is 10.2 Å². The first kappa shape index (κ1) is 13.8. The SMILES string of the molecule is CCc1cccc(NC(=O)c2cc(Br)c(Br)s2)c1. The summed E-state index contributed by atoms with van der Waals surface area (Å²) in [6.45, 7) is 2.09. The molecule has 0 aliphatic rings. The maximum Gasteiger partial charge on any atom is 0.265 e. The summed E-state index contributed by atoms with van der Waals surface area (Å²) in [5, 5.41) is 2.90. The molecular formula is C13H11Br2NOS. The van der Waals surface area contributed by atoms with Crippen LogP contribution < -0.4 is 5.32 Å². The molecule has 0 radical (unpaired) electrons. The van der Waals surface area contributed by atoms with Gasteiger partial charge in [0.05, 0.1) is 8.66 Å². The van der Waals surface area contributed by atoms with Crippen LogP contribution in [0.15, 0.2) is 38.6 Å². The van der Waals surface area contributed by atoms with E-state index in [0.717, 1.165) is 20.4 Å². The molecular weight excluding hydrogens is 378 g/mol. The number of halogens is 2. The van der Waals surface area contributed by atoms with Gasteiger partial charge in [-0.15, -0.1) is 11.3 Å². The zero-order valence-electron chi connectivity index (χ0n) is 9.67. The number of carbonyl (C=O) groups is 1. The molecule has 1 aromatic carbocycles. The first-order valence-electron chi connectivity index (χ1n) is 5.45. The van der Waals surface area contributed by atoms with Crippen LogP contribution in [-0.2, 0) is 6.42 Å². The molecule has 0 saturated heterocycles. The van der Waals surface area contributed by atoms with Crippen molar-refractivity contribution in [3.8, 4) is 0 Å². The van der Waals surface area contributed by atoms with Crippen LogP contribution in [0.3, 0.4) is 0 Å². The Hall–Kier alpha value is -0.650. The lowest BCUT2D eigenvalue weighted by atomic mass is 10.1. The number of carbonyl (C=O) groups excluding carboxylic acids is 1. The number of anilines is 1. The normalized spacial score (nSPS) is 10.4. The number of amides is 1. The van der Waals surface area contributed by atoms with Gasteiger partial charge in [-0.2, -0.15) is 0 Å². The fourth-order valence-corrected chi connectivity index (χ4v) is 3.45. The lowest BCUT2D eigenvalue weighted by Gasteiger charge is -2.05. The van der Waals surface area contributed by atoms with Gasteiger partial charge in [0.2, 0.25) is 0 Å². The maximum atomic E-state index is 12.0. The lowest BCUT2D eigenvalue weighted by Crippen LogP contribution is -2.10. The van der Waals surface area contributed by atoms with E-state index in [1.54, 1.807) is 0 Å². The van der Waals surface area contributed by atoms with Gasteiger partial charge in [0.25, 0.3) is 5.91 Å². The standard InChI is InChI=1S/C13H11Br2NOS/c1-2-8-4-3-5-9(6-8)16-13(17)11-7-10(14)12(15)18-11/h3-7H,2H2,1H3,(H,16,17). The molecule has 0 fully saturated rings. The third-order valence-electron chi connectivity index (χ3n) is 2.46. The van der Waals surface area contributed by atoms with E-state index in [2.05, 4.69) is 44.1 Å². The molecule has 0 bridgehead atoms. The van der Waals surface area contributed by atoms with Crippen molar-refractivity contribution in [2.45, 2.75) is 13.3 Å². The molecule has 1 aromatic heterocycles. The minimum atomic E-state index is -0.0837. The zero-order chi connectivity index (χ0) is 13.1. The Bertz CT molecular complexity index is 561. The van der Waals surface area contributed by atoms with Crippen LogP contribution in [0.4, 0.5) is 5.69 Å². The second kappa shape index (κ2) is 5.99. The molecule has 0 atom stereocenters. The summed E-state index contributed by atoms with van der Waals surface area (Å²) in [6, 6.07) is 9.71. The van der Waals surface area contributed by atoms with Gasteiger partial charge in [-0.1, -0.05) is 19.1 Å². The number of aryl methyl sites for hydroxylation is 1. The van der Waals surface area contributed by atoms with Crippen molar-refractivity contribution in [2.24, 2.45) is 0 Å². The molecule has 1 amide bonds. The Kier molecular flexibility index (Phi) is 4.59. The van der Waals surface area contributed by atoms with Gasteiger partial charge in [0.1, 0.15) is 0 Å². The Morgan fingerprint density at radius 1 is 1.33 bits per heavy atom. The molecule has 2 rings (SSSR count). The van der Waals surface area contributed by atoms with Gasteiger partial charge in [0.15, 0.2) is 0 Å². The van der Waals surface area contributed by atoms with Gasteiger partial charge in [-0.05, 0) is 62.0 Å². The molecule has 18 heavy (non-hydrogen) atoms. The average molecular weight is 389 g/mol. The first-order valence-corrected chi connectivity index (χ1v) is 7.85. The van der Waals surface area contributed by atoms with E-state index in [9.17, 15) is 4.79 Å². The molecule has 1 heterocycles. The Balaban J connectivity index is 2.15. The molecule has 5 heteroatoms. The molecule has 0 saturated carbocycles. The van der Waals surface area contributed by atoms with Crippen LogP contribution in [-0.4, -0.2) is 5.91 Å². The number of hydrogen-bond acceptors (Lipinski definition) is 2. The van der Waals surface area contributed by atoms with Crippen LogP contribution >= 0.6 is 43.2 Å². The van der Waals surface area contributed by atoms with E-state index < -0.39 is 0 Å². The summed E-state index contributed by atoms with van der Waals surface area (Å²) >= 11 is 8.17. The van der Waals surface area contributed by atoms with Gasteiger partial charge in [-0.3, -0.25) is 4.79 Å². The summed E-state index contributed by atoms with van der Waals surface area (Å²) in [5.41, 5.74) is 2.04. The molecule has 94 valence electrons. The number of nitrogens with one attached hydrogen (secondary N) is 1. The minimum absolute atomic E-state index is 0.0837. The quantitative estimate of drug-likeness (QED) is 0.779. The summed E-state index contributed by atoms with van der Waals surface area (Å²) in [5.74, 6) is -0.0837. The van der Waals surface area contributed by atoms with Crippen molar-refractivity contribution >= 4 is 54.8 Å². The highest BCUT2D eigenvalue weighted by molar-refractivity contribution is 9.13. The third kappa shape index (κ3) is 3.22. The first-order chi connectivity index (χ1) is 8.60. The van der Waals surface area contributed by atoms with Crippen LogP contribution in [0, 0.1) is 0 Å². The zero-order valence-corrected chi connectivity index (χ0v) is 13.7. The van der Waals surface area contributed by atoms with E-state index in [1.165, 1.54) is 16.9 Å². The Morgan fingerprint density at radius 2 is 2.11 bits per heavy atom. The largest absolute Gasteiger partial charge is 0.321 e. The number of hydrogen-bond donors (Lipinski definition) is 1. The van der Waals surface area contributed by atoms with Crippen LogP contribution in [0.25, 0.3) is 0 Å². The van der Waals surface area contributed by atoms with Crippen molar-refractivity contribution in [1.29, 1.82) is 0 Å². The van der Waals surface area contributed by atoms with Crippen LogP contribution in [0.1, 0.15) is 22.2 Å². The Labute approximate surface area is 127 Å². The topological polar surface area (TPSA) is 29.1 Å². The molecule has 0 aliphatic heterocycles. The predicted molar refractivity (Wildman–Crippen MR) is 83.5 cm³/mol. The van der Waals surface area contributed by atoms with E-state index >= 15 is 0 Å². The number of thiophene rings is 1. The molecule has 0 aliphatic carbocycles. The molecule has 0 unspecified atom stereocenters. The number of rotatable bonds is 3. The van der Waals surface area contributed by atoms with Gasteiger partial charge < -0.3 is 5.32 Å². The van der Waals surface area contributed by atoms with Crippen molar-refractivity contribution in [3.05, 3.63) is 49.0 Å². The summed E-state index contributed by atoms with van der Waals surface area (Å²) < 4.78 is 1.83. The number of benzene rings is 1. The average Bonchev–Trinajstić information content (AvgIpc) is 2.70. The predicted octanol–water partition coefficient (Wildman–Crippen LogP) is 5.09. The van der Waals surface area contributed by atoms with E-state index in [4.69, 9.17) is 0 Å². The van der Waals surface area contributed by atoms with E-state index in [0.29, 0.717) is 4.88 Å². The molecule has 2 nitrogen and oxygen atoms in total. The van der Waals surface area contributed by atoms with Gasteiger partial charge in [-0.25, -0.2) is 0 Å². The monoisotopic (exact) mass is 387 g/mol. The fraction of sp³-hybridized carbons (Fsp3) is 0.154. The highest BCUT2D eigenvalue weighted by atomic mass is 79.9. The van der Waals surface area contributed by atoms with E-state index in [-0.39, 0.29) is 5.91 Å². The van der Waals surface area contributed by atoms with Crippen LogP contribution in [0.2, 0.25) is 0 Å². The molecule has 0 spiro atoms. The van der Waals surface area contributed by atoms with Gasteiger partial charge >= 0.3 is 0 Å². The smallest absolute Gasteiger partial charge is 0.265 e.